The van der Waals surface area contributed by atoms with Gasteiger partial charge in [-0.3, -0.25) is 0 Å². The van der Waals surface area contributed by atoms with Crippen molar-refractivity contribution in [2.24, 2.45) is 0 Å². The average molecular weight is 467 g/mol. The summed E-state index contributed by atoms with van der Waals surface area (Å²) < 4.78 is 22.5. The molecule has 0 N–H and O–H groups in total. The molecule has 5 rings (SSSR count). The molecule has 4 nitrogen and oxygen atoms in total. The van der Waals surface area contributed by atoms with E-state index in [9.17, 15) is 0 Å². The van der Waals surface area contributed by atoms with Gasteiger partial charge in [0.05, 0.1) is 28.4 Å². The van der Waals surface area contributed by atoms with E-state index in [0.717, 1.165) is 53.4 Å². The van der Waals surface area contributed by atoms with Crippen LogP contribution >= 0.6 is 0 Å². The maximum Gasteiger partial charge on any atom is 0.122 e. The molecule has 0 amide bonds. The third kappa shape index (κ3) is 4.32. The van der Waals surface area contributed by atoms with Crippen molar-refractivity contribution >= 4 is 0 Å². The minimum absolute atomic E-state index is 0.742. The topological polar surface area (TPSA) is 36.9 Å². The molecule has 0 fully saturated rings. The van der Waals surface area contributed by atoms with Crippen LogP contribution in [0.4, 0.5) is 0 Å². The molecular weight excluding hydrogens is 436 g/mol. The normalized spacial score (nSPS) is 11.5. The monoisotopic (exact) mass is 466 g/mol. The van der Waals surface area contributed by atoms with E-state index in [-0.39, 0.29) is 0 Å². The van der Waals surface area contributed by atoms with E-state index in [1.54, 1.807) is 28.4 Å². The summed E-state index contributed by atoms with van der Waals surface area (Å²) in [4.78, 5) is 0. The predicted octanol–water partition coefficient (Wildman–Crippen LogP) is 6.47. The zero-order valence-corrected chi connectivity index (χ0v) is 20.7. The largest absolute Gasteiger partial charge is 0.497 e. The first-order valence-corrected chi connectivity index (χ1v) is 11.8. The van der Waals surface area contributed by atoms with E-state index in [4.69, 9.17) is 18.9 Å². The van der Waals surface area contributed by atoms with E-state index in [1.165, 1.54) is 33.4 Å². The summed E-state index contributed by atoms with van der Waals surface area (Å²) in [5, 5.41) is 0. The smallest absolute Gasteiger partial charge is 0.122 e. The highest BCUT2D eigenvalue weighted by atomic mass is 16.5. The van der Waals surface area contributed by atoms with E-state index in [2.05, 4.69) is 48.5 Å². The first-order chi connectivity index (χ1) is 17.1. The molecule has 0 heterocycles. The number of hydrogen-bond acceptors (Lipinski definition) is 4. The Morgan fingerprint density at radius 1 is 0.571 bits per heavy atom. The molecule has 0 bridgehead atoms. The molecule has 1 aliphatic rings. The summed E-state index contributed by atoms with van der Waals surface area (Å²) in [7, 11) is 6.83. The van der Waals surface area contributed by atoms with Gasteiger partial charge in [0.15, 0.2) is 0 Å². The molecule has 0 saturated carbocycles. The van der Waals surface area contributed by atoms with Crippen LogP contribution in [0.25, 0.3) is 11.1 Å². The molecule has 4 aromatic rings. The molecule has 0 saturated heterocycles. The van der Waals surface area contributed by atoms with Crippen LogP contribution < -0.4 is 18.9 Å². The fourth-order valence-corrected chi connectivity index (χ4v) is 5.15. The molecule has 0 spiro atoms. The summed E-state index contributed by atoms with van der Waals surface area (Å²) in [6.45, 7) is 0. The van der Waals surface area contributed by atoms with Crippen LogP contribution in [-0.4, -0.2) is 28.4 Å². The van der Waals surface area contributed by atoms with Gasteiger partial charge in [-0.05, 0) is 76.2 Å². The highest BCUT2D eigenvalue weighted by Crippen LogP contribution is 2.42. The van der Waals surface area contributed by atoms with Crippen molar-refractivity contribution in [2.45, 2.75) is 19.3 Å². The first-order valence-electron chi connectivity index (χ1n) is 11.8. The zero-order valence-electron chi connectivity index (χ0n) is 20.7. The molecule has 178 valence electrons. The molecule has 4 heteroatoms. The Morgan fingerprint density at radius 3 is 1.83 bits per heavy atom. The number of benzene rings is 4. The van der Waals surface area contributed by atoms with Crippen molar-refractivity contribution in [3.8, 4) is 34.1 Å². The van der Waals surface area contributed by atoms with Gasteiger partial charge in [-0.2, -0.15) is 0 Å². The Balaban J connectivity index is 1.65. The highest BCUT2D eigenvalue weighted by Gasteiger charge is 2.24. The summed E-state index contributed by atoms with van der Waals surface area (Å²) in [5.74, 6) is 3.38. The number of fused-ring (bicyclic) bond motifs is 3. The number of ether oxygens (including phenoxy) is 4. The lowest BCUT2D eigenvalue weighted by Crippen LogP contribution is -2.05. The van der Waals surface area contributed by atoms with Gasteiger partial charge in [0.1, 0.15) is 23.0 Å². The third-order valence-corrected chi connectivity index (χ3v) is 6.93. The second-order valence-electron chi connectivity index (χ2n) is 8.77. The van der Waals surface area contributed by atoms with Crippen molar-refractivity contribution in [3.63, 3.8) is 0 Å². The fraction of sp³-hybridized carbons (Fsp3) is 0.226. The van der Waals surface area contributed by atoms with Crippen molar-refractivity contribution in [1.82, 2.24) is 0 Å². The van der Waals surface area contributed by atoms with Crippen LogP contribution in [0.1, 0.15) is 33.4 Å². The molecule has 0 unspecified atom stereocenters. The number of rotatable bonds is 8. The van der Waals surface area contributed by atoms with Crippen LogP contribution in [-0.2, 0) is 19.3 Å². The van der Waals surface area contributed by atoms with E-state index >= 15 is 0 Å². The molecular formula is C31H30O4. The van der Waals surface area contributed by atoms with Crippen LogP contribution in [0.15, 0.2) is 72.8 Å². The van der Waals surface area contributed by atoms with Crippen molar-refractivity contribution < 1.29 is 18.9 Å². The number of methoxy groups -OCH3 is 4. The molecule has 35 heavy (non-hydrogen) atoms. The molecule has 1 aliphatic carbocycles. The molecule has 0 atom stereocenters. The predicted molar refractivity (Wildman–Crippen MR) is 139 cm³/mol. The Morgan fingerprint density at radius 2 is 1.20 bits per heavy atom. The maximum atomic E-state index is 5.73. The minimum atomic E-state index is 0.742. The van der Waals surface area contributed by atoms with Crippen LogP contribution in [0.5, 0.6) is 23.0 Å². The quantitative estimate of drug-likeness (QED) is 0.262. The van der Waals surface area contributed by atoms with Crippen molar-refractivity contribution in [1.29, 1.82) is 0 Å². The lowest BCUT2D eigenvalue weighted by Gasteiger charge is -2.19. The van der Waals surface area contributed by atoms with E-state index in [0.29, 0.717) is 0 Å². The van der Waals surface area contributed by atoms with Gasteiger partial charge in [-0.25, -0.2) is 0 Å². The average Bonchev–Trinajstić information content (AvgIpc) is 3.28. The van der Waals surface area contributed by atoms with Gasteiger partial charge >= 0.3 is 0 Å². The summed E-state index contributed by atoms with van der Waals surface area (Å²) in [6, 6.07) is 25.2. The molecule has 0 aromatic heterocycles. The SMILES string of the molecule is COc1ccc(OC)c(Cc2ccc3c(c2Cc2cc(OC)ccc2OC)Cc2ccccc2-3)c1. The van der Waals surface area contributed by atoms with Crippen LogP contribution in [0, 0.1) is 0 Å². The molecule has 0 aliphatic heterocycles. The summed E-state index contributed by atoms with van der Waals surface area (Å²) in [5.41, 5.74) is 10.2. The Labute approximate surface area is 207 Å². The van der Waals surface area contributed by atoms with Gasteiger partial charge in [0.2, 0.25) is 0 Å². The van der Waals surface area contributed by atoms with Crippen molar-refractivity contribution in [2.75, 3.05) is 28.4 Å². The van der Waals surface area contributed by atoms with Crippen LogP contribution in [0.3, 0.4) is 0 Å². The standard InChI is InChI=1S/C31H30O4/c1-32-24-10-13-30(34-3)22(16-24)15-21-9-12-27-26-8-6-5-7-20(26)18-29(27)28(21)19-23-17-25(33-2)11-14-31(23)35-4/h5-14,16-17H,15,18-19H2,1-4H3. The maximum absolute atomic E-state index is 5.73. The lowest BCUT2D eigenvalue weighted by molar-refractivity contribution is 0.399. The van der Waals surface area contributed by atoms with Gasteiger partial charge in [0, 0.05) is 24.0 Å². The summed E-state index contributed by atoms with van der Waals surface area (Å²) >= 11 is 0. The molecule has 4 aromatic carbocycles. The second-order valence-corrected chi connectivity index (χ2v) is 8.77. The van der Waals surface area contributed by atoms with E-state index in [1.807, 2.05) is 24.3 Å². The Kier molecular flexibility index (Phi) is 6.37. The zero-order chi connectivity index (χ0) is 24.4. The summed E-state index contributed by atoms with van der Waals surface area (Å²) in [6.07, 6.45) is 2.42. The van der Waals surface area contributed by atoms with Crippen molar-refractivity contribution in [3.05, 3.63) is 106 Å². The van der Waals surface area contributed by atoms with E-state index < -0.39 is 0 Å². The van der Waals surface area contributed by atoms with Gasteiger partial charge in [-0.1, -0.05) is 36.4 Å². The second kappa shape index (κ2) is 9.75. The Bertz CT molecular complexity index is 1370. The lowest BCUT2D eigenvalue weighted by atomic mass is 9.88. The number of hydrogen-bond donors (Lipinski definition) is 0. The first kappa shape index (κ1) is 22.9. The van der Waals surface area contributed by atoms with Gasteiger partial charge in [-0.15, -0.1) is 0 Å². The highest BCUT2D eigenvalue weighted by molar-refractivity contribution is 5.79. The van der Waals surface area contributed by atoms with Gasteiger partial charge < -0.3 is 18.9 Å². The van der Waals surface area contributed by atoms with Crippen LogP contribution in [0.2, 0.25) is 0 Å². The fourth-order valence-electron chi connectivity index (χ4n) is 5.15. The molecule has 0 radical (unpaired) electrons. The Hall–Kier alpha value is -3.92. The third-order valence-electron chi connectivity index (χ3n) is 6.93. The minimum Gasteiger partial charge on any atom is -0.497 e. The van der Waals surface area contributed by atoms with Gasteiger partial charge in [0.25, 0.3) is 0 Å².